The molecule has 0 bridgehead atoms. The van der Waals surface area contributed by atoms with Gasteiger partial charge in [-0.05, 0) is 36.6 Å². The van der Waals surface area contributed by atoms with Crippen molar-refractivity contribution in [1.82, 2.24) is 14.8 Å². The fourth-order valence-electron chi connectivity index (χ4n) is 2.56. The van der Waals surface area contributed by atoms with E-state index in [-0.39, 0.29) is 11.7 Å². The van der Waals surface area contributed by atoms with Crippen molar-refractivity contribution in [3.05, 3.63) is 48.4 Å². The molecule has 0 aliphatic carbocycles. The van der Waals surface area contributed by atoms with Gasteiger partial charge in [-0.15, -0.1) is 10.2 Å². The molecular weight excluding hydrogens is 348 g/mol. The van der Waals surface area contributed by atoms with Crippen LogP contribution >= 0.6 is 11.8 Å². The molecule has 2 aromatic heterocycles. The number of hydrogen-bond donors (Lipinski definition) is 1. The number of benzene rings is 1. The molecule has 6 nitrogen and oxygen atoms in total. The summed E-state index contributed by atoms with van der Waals surface area (Å²) in [6.07, 6.45) is 3.24. The Morgan fingerprint density at radius 3 is 2.62 bits per heavy atom. The van der Waals surface area contributed by atoms with Crippen molar-refractivity contribution in [3.63, 3.8) is 0 Å². The molecule has 0 fully saturated rings. The fraction of sp³-hybridized carbons (Fsp3) is 0.316. The molecule has 2 heterocycles. The Balaban J connectivity index is 1.61. The van der Waals surface area contributed by atoms with E-state index in [0.717, 1.165) is 17.1 Å². The van der Waals surface area contributed by atoms with Gasteiger partial charge in [-0.3, -0.25) is 4.79 Å². The summed E-state index contributed by atoms with van der Waals surface area (Å²) in [5, 5.41) is 12.1. The summed E-state index contributed by atoms with van der Waals surface area (Å²) in [7, 11) is 0. The maximum atomic E-state index is 12.2. The fourth-order valence-corrected chi connectivity index (χ4v) is 3.37. The second-order valence-electron chi connectivity index (χ2n) is 6.18. The van der Waals surface area contributed by atoms with Gasteiger partial charge in [0, 0.05) is 12.2 Å². The average Bonchev–Trinajstić information content (AvgIpc) is 3.29. The highest BCUT2D eigenvalue weighted by Crippen LogP contribution is 2.24. The zero-order valence-corrected chi connectivity index (χ0v) is 15.9. The Morgan fingerprint density at radius 2 is 2.00 bits per heavy atom. The number of nitrogens with one attached hydrogen (secondary N) is 1. The Hall–Kier alpha value is -2.54. The standard InChI is InChI=1S/C19H22N4O2S/c1-4-23-18(15-9-10-25-11-15)21-22-19(23)26-12-17(24)20-16-7-5-14(6-8-16)13(2)3/h5-11,13H,4,12H2,1-3H3,(H,20,24). The highest BCUT2D eigenvalue weighted by molar-refractivity contribution is 7.99. The zero-order valence-electron chi connectivity index (χ0n) is 15.1. The SMILES string of the molecule is CCn1c(SCC(=O)Nc2ccc(C(C)C)cc2)nnc1-c1ccoc1. The number of nitrogens with zero attached hydrogens (tertiary/aromatic N) is 3. The van der Waals surface area contributed by atoms with Crippen molar-refractivity contribution in [2.24, 2.45) is 0 Å². The number of furan rings is 1. The Labute approximate surface area is 157 Å². The molecule has 3 rings (SSSR count). The van der Waals surface area contributed by atoms with E-state index in [4.69, 9.17) is 4.42 Å². The van der Waals surface area contributed by atoms with E-state index < -0.39 is 0 Å². The maximum absolute atomic E-state index is 12.2. The van der Waals surface area contributed by atoms with Crippen molar-refractivity contribution < 1.29 is 9.21 Å². The molecule has 136 valence electrons. The first kappa shape index (κ1) is 18.3. The van der Waals surface area contributed by atoms with Gasteiger partial charge < -0.3 is 14.3 Å². The van der Waals surface area contributed by atoms with Gasteiger partial charge in [0.25, 0.3) is 0 Å². The normalized spacial score (nSPS) is 11.1. The minimum Gasteiger partial charge on any atom is -0.472 e. The van der Waals surface area contributed by atoms with Gasteiger partial charge >= 0.3 is 0 Å². The molecule has 0 saturated carbocycles. The van der Waals surface area contributed by atoms with Crippen molar-refractivity contribution in [2.45, 2.75) is 38.4 Å². The van der Waals surface area contributed by atoms with E-state index in [2.05, 4.69) is 29.4 Å². The summed E-state index contributed by atoms with van der Waals surface area (Å²) in [4.78, 5) is 12.2. The Morgan fingerprint density at radius 1 is 1.23 bits per heavy atom. The molecule has 0 saturated heterocycles. The predicted molar refractivity (Wildman–Crippen MR) is 103 cm³/mol. The summed E-state index contributed by atoms with van der Waals surface area (Å²) in [5.41, 5.74) is 2.93. The molecule has 1 N–H and O–H groups in total. The number of hydrogen-bond acceptors (Lipinski definition) is 5. The van der Waals surface area contributed by atoms with Gasteiger partial charge in [0.05, 0.1) is 17.6 Å². The van der Waals surface area contributed by atoms with Crippen molar-refractivity contribution >= 4 is 23.4 Å². The van der Waals surface area contributed by atoms with Crippen LogP contribution in [-0.2, 0) is 11.3 Å². The summed E-state index contributed by atoms with van der Waals surface area (Å²) in [6.45, 7) is 7.03. The van der Waals surface area contributed by atoms with Crippen molar-refractivity contribution in [1.29, 1.82) is 0 Å². The quantitative estimate of drug-likeness (QED) is 0.624. The number of aromatic nitrogens is 3. The minimum atomic E-state index is -0.0668. The minimum absolute atomic E-state index is 0.0668. The number of rotatable bonds is 7. The largest absolute Gasteiger partial charge is 0.472 e. The molecule has 26 heavy (non-hydrogen) atoms. The van der Waals surface area contributed by atoms with Gasteiger partial charge in [-0.1, -0.05) is 37.7 Å². The third kappa shape index (κ3) is 4.16. The lowest BCUT2D eigenvalue weighted by molar-refractivity contribution is -0.113. The highest BCUT2D eigenvalue weighted by Gasteiger charge is 2.15. The van der Waals surface area contributed by atoms with Crippen LogP contribution in [0.5, 0.6) is 0 Å². The summed E-state index contributed by atoms with van der Waals surface area (Å²) in [5.74, 6) is 1.42. The second kappa shape index (κ2) is 8.23. The Kier molecular flexibility index (Phi) is 5.78. The lowest BCUT2D eigenvalue weighted by Crippen LogP contribution is -2.14. The second-order valence-corrected chi connectivity index (χ2v) is 7.12. The van der Waals surface area contributed by atoms with E-state index in [0.29, 0.717) is 17.6 Å². The topological polar surface area (TPSA) is 73.0 Å². The van der Waals surface area contributed by atoms with Crippen molar-refractivity contribution in [2.75, 3.05) is 11.1 Å². The average molecular weight is 370 g/mol. The molecular formula is C19H22N4O2S. The third-order valence-corrected chi connectivity index (χ3v) is 4.97. The van der Waals surface area contributed by atoms with Crippen LogP contribution in [0, 0.1) is 0 Å². The smallest absolute Gasteiger partial charge is 0.234 e. The lowest BCUT2D eigenvalue weighted by Gasteiger charge is -2.09. The van der Waals surface area contributed by atoms with Crippen molar-refractivity contribution in [3.8, 4) is 11.4 Å². The number of amides is 1. The van der Waals surface area contributed by atoms with Gasteiger partial charge in [0.1, 0.15) is 6.26 Å². The van der Waals surface area contributed by atoms with E-state index in [1.165, 1.54) is 17.3 Å². The van der Waals surface area contributed by atoms with Crippen LogP contribution in [0.2, 0.25) is 0 Å². The first-order valence-corrected chi connectivity index (χ1v) is 9.55. The van der Waals surface area contributed by atoms with Gasteiger partial charge in [-0.2, -0.15) is 0 Å². The zero-order chi connectivity index (χ0) is 18.5. The maximum Gasteiger partial charge on any atom is 0.234 e. The molecule has 0 aliphatic heterocycles. The van der Waals surface area contributed by atoms with E-state index in [1.807, 2.05) is 41.8 Å². The number of thioether (sulfide) groups is 1. The molecule has 1 amide bonds. The van der Waals surface area contributed by atoms with Gasteiger partial charge in [-0.25, -0.2) is 0 Å². The first-order valence-electron chi connectivity index (χ1n) is 8.57. The monoisotopic (exact) mass is 370 g/mol. The van der Waals surface area contributed by atoms with E-state index in [1.54, 1.807) is 12.5 Å². The Bertz CT molecular complexity index is 854. The highest BCUT2D eigenvalue weighted by atomic mass is 32.2. The molecule has 7 heteroatoms. The van der Waals surface area contributed by atoms with Crippen LogP contribution in [0.3, 0.4) is 0 Å². The van der Waals surface area contributed by atoms with E-state index >= 15 is 0 Å². The number of carbonyl (C=O) groups excluding carboxylic acids is 1. The van der Waals surface area contributed by atoms with Gasteiger partial charge in [0.15, 0.2) is 11.0 Å². The molecule has 0 atom stereocenters. The van der Waals surface area contributed by atoms with Crippen LogP contribution in [0.15, 0.2) is 52.4 Å². The summed E-state index contributed by atoms with van der Waals surface area (Å²) < 4.78 is 7.09. The van der Waals surface area contributed by atoms with Crippen LogP contribution in [0.4, 0.5) is 5.69 Å². The van der Waals surface area contributed by atoms with Crippen LogP contribution in [0.1, 0.15) is 32.3 Å². The molecule has 0 aliphatic rings. The number of anilines is 1. The van der Waals surface area contributed by atoms with Crippen LogP contribution in [-0.4, -0.2) is 26.4 Å². The first-order chi connectivity index (χ1) is 12.6. The molecule has 0 unspecified atom stereocenters. The summed E-state index contributed by atoms with van der Waals surface area (Å²) >= 11 is 1.37. The lowest BCUT2D eigenvalue weighted by atomic mass is 10.0. The summed E-state index contributed by atoms with van der Waals surface area (Å²) in [6, 6.07) is 9.79. The number of carbonyl (C=O) groups is 1. The van der Waals surface area contributed by atoms with Gasteiger partial charge in [0.2, 0.25) is 5.91 Å². The molecule has 1 aromatic carbocycles. The molecule has 0 radical (unpaired) electrons. The third-order valence-electron chi connectivity index (χ3n) is 4.01. The predicted octanol–water partition coefficient (Wildman–Crippen LogP) is 4.41. The van der Waals surface area contributed by atoms with Crippen LogP contribution < -0.4 is 5.32 Å². The van der Waals surface area contributed by atoms with Crippen LogP contribution in [0.25, 0.3) is 11.4 Å². The molecule has 0 spiro atoms. The molecule has 3 aromatic rings. The van der Waals surface area contributed by atoms with E-state index in [9.17, 15) is 4.79 Å².